The van der Waals surface area contributed by atoms with Crippen LogP contribution in [0.3, 0.4) is 0 Å². The lowest BCUT2D eigenvalue weighted by Gasteiger charge is -2.25. The summed E-state index contributed by atoms with van der Waals surface area (Å²) in [5.41, 5.74) is 2.20. The molecule has 0 fully saturated rings. The standard InChI is InChI=1S/C26H25ClN4O5S3/c1-37-12-11-22(26(33)34)30-25(32)20-8-7-19(13-21(20)17-5-3-2-4-6-17)31(15-18-14-28-16-29-18)39(35,36)24-10-9-23(27)38-24/h2-10,13-14,16,22H,11-12,15H2,1H3,(H,28,29)(H,30,32)(H,33,34)/t22-/m0/s1. The fraction of sp³-hybridized carbons (Fsp3) is 0.192. The number of carboxylic acids is 1. The third-order valence-electron chi connectivity index (χ3n) is 5.80. The molecule has 0 saturated carbocycles. The third kappa shape index (κ3) is 6.82. The lowest BCUT2D eigenvalue weighted by Crippen LogP contribution is -2.41. The first-order valence-corrected chi connectivity index (χ1v) is 15.7. The van der Waals surface area contributed by atoms with E-state index >= 15 is 0 Å². The number of nitrogens with one attached hydrogen (secondary N) is 2. The van der Waals surface area contributed by atoms with Crippen LogP contribution in [0.5, 0.6) is 0 Å². The molecule has 3 N–H and O–H groups in total. The number of carbonyl (C=O) groups excluding carboxylic acids is 1. The Labute approximate surface area is 239 Å². The van der Waals surface area contributed by atoms with Crippen molar-refractivity contribution in [1.82, 2.24) is 15.3 Å². The number of carbonyl (C=O) groups is 2. The highest BCUT2D eigenvalue weighted by molar-refractivity contribution is 7.98. The molecule has 2 aromatic carbocycles. The molecule has 0 aliphatic heterocycles. The molecule has 0 aliphatic carbocycles. The van der Waals surface area contributed by atoms with Crippen molar-refractivity contribution in [1.29, 1.82) is 0 Å². The number of hydrogen-bond acceptors (Lipinski definition) is 7. The van der Waals surface area contributed by atoms with Crippen molar-refractivity contribution in [3.8, 4) is 11.1 Å². The second kappa shape index (κ2) is 12.7. The molecule has 2 aromatic heterocycles. The average Bonchev–Trinajstić information content (AvgIpc) is 3.61. The number of sulfonamides is 1. The van der Waals surface area contributed by atoms with Crippen molar-refractivity contribution in [3.63, 3.8) is 0 Å². The summed E-state index contributed by atoms with van der Waals surface area (Å²) in [7, 11) is -4.04. The van der Waals surface area contributed by atoms with Gasteiger partial charge < -0.3 is 15.4 Å². The zero-order valence-electron chi connectivity index (χ0n) is 20.7. The Hall–Kier alpha value is -3.32. The SMILES string of the molecule is CSCC[C@H](NC(=O)c1ccc(N(Cc2cnc[nH]2)S(=O)(=O)c2ccc(Cl)s2)cc1-c1ccccc1)C(=O)O. The summed E-state index contributed by atoms with van der Waals surface area (Å²) in [6.45, 7) is -0.0482. The number of amides is 1. The van der Waals surface area contributed by atoms with Crippen molar-refractivity contribution < 1.29 is 23.1 Å². The van der Waals surface area contributed by atoms with Gasteiger partial charge in [-0.05, 0) is 59.9 Å². The number of halogens is 1. The molecule has 1 amide bonds. The maximum absolute atomic E-state index is 13.8. The quantitative estimate of drug-likeness (QED) is 0.204. The molecule has 0 aliphatic rings. The van der Waals surface area contributed by atoms with E-state index in [0.717, 1.165) is 11.3 Å². The summed E-state index contributed by atoms with van der Waals surface area (Å²) < 4.78 is 29.1. The van der Waals surface area contributed by atoms with Gasteiger partial charge in [0.1, 0.15) is 10.3 Å². The summed E-state index contributed by atoms with van der Waals surface area (Å²) in [5, 5.41) is 12.2. The summed E-state index contributed by atoms with van der Waals surface area (Å²) in [6.07, 6.45) is 5.12. The smallest absolute Gasteiger partial charge is 0.326 e. The van der Waals surface area contributed by atoms with E-state index in [1.807, 2.05) is 12.3 Å². The average molecular weight is 605 g/mol. The van der Waals surface area contributed by atoms with Crippen LogP contribution < -0.4 is 9.62 Å². The van der Waals surface area contributed by atoms with Crippen LogP contribution in [-0.2, 0) is 21.4 Å². The Kier molecular flexibility index (Phi) is 9.33. The Bertz CT molecular complexity index is 1540. The zero-order valence-corrected chi connectivity index (χ0v) is 23.9. The largest absolute Gasteiger partial charge is 0.480 e. The molecule has 0 saturated heterocycles. The van der Waals surface area contributed by atoms with Crippen LogP contribution in [0.15, 0.2) is 77.4 Å². The van der Waals surface area contributed by atoms with Crippen LogP contribution >= 0.6 is 34.7 Å². The van der Waals surface area contributed by atoms with E-state index in [9.17, 15) is 23.1 Å². The van der Waals surface area contributed by atoms with Crippen LogP contribution in [0.2, 0.25) is 4.34 Å². The number of carboxylic acid groups (broad SMARTS) is 1. The van der Waals surface area contributed by atoms with E-state index in [0.29, 0.717) is 32.6 Å². The number of aromatic amines is 1. The summed E-state index contributed by atoms with van der Waals surface area (Å²) in [5.74, 6) is -1.13. The molecule has 9 nitrogen and oxygen atoms in total. The maximum Gasteiger partial charge on any atom is 0.326 e. The van der Waals surface area contributed by atoms with Gasteiger partial charge in [0.25, 0.3) is 15.9 Å². The van der Waals surface area contributed by atoms with Gasteiger partial charge in [-0.1, -0.05) is 41.9 Å². The first-order valence-electron chi connectivity index (χ1n) is 11.7. The minimum atomic E-state index is -4.04. The van der Waals surface area contributed by atoms with Crippen molar-refractivity contribution in [3.05, 3.63) is 88.8 Å². The number of imidazole rings is 1. The van der Waals surface area contributed by atoms with Crippen LogP contribution in [0.4, 0.5) is 5.69 Å². The number of rotatable bonds is 12. The molecule has 4 rings (SSSR count). The lowest BCUT2D eigenvalue weighted by molar-refractivity contribution is -0.139. The summed E-state index contributed by atoms with van der Waals surface area (Å²) >= 11 is 8.48. The van der Waals surface area contributed by atoms with Gasteiger partial charge in [-0.15, -0.1) is 11.3 Å². The lowest BCUT2D eigenvalue weighted by atomic mass is 9.98. The van der Waals surface area contributed by atoms with Crippen molar-refractivity contribution in [2.24, 2.45) is 0 Å². The summed E-state index contributed by atoms with van der Waals surface area (Å²) in [6, 6.07) is 15.6. The molecule has 204 valence electrons. The highest BCUT2D eigenvalue weighted by Gasteiger charge is 2.29. The maximum atomic E-state index is 13.8. The molecule has 1 atom stereocenters. The number of thiophene rings is 1. The molecular formula is C26H25ClN4O5S3. The van der Waals surface area contributed by atoms with Gasteiger partial charge in [-0.25, -0.2) is 18.2 Å². The van der Waals surface area contributed by atoms with E-state index in [1.54, 1.807) is 30.3 Å². The number of hydrogen-bond donors (Lipinski definition) is 3. The first kappa shape index (κ1) is 28.7. The number of thioether (sulfide) groups is 1. The van der Waals surface area contributed by atoms with Gasteiger partial charge in [0.15, 0.2) is 0 Å². The minimum Gasteiger partial charge on any atom is -0.480 e. The molecule has 0 bridgehead atoms. The molecule has 0 radical (unpaired) electrons. The van der Waals surface area contributed by atoms with Gasteiger partial charge in [0.05, 0.1) is 28.6 Å². The molecule has 0 unspecified atom stereocenters. The van der Waals surface area contributed by atoms with Crippen LogP contribution in [0.25, 0.3) is 11.1 Å². The number of aliphatic carboxylic acids is 1. The fourth-order valence-corrected chi connectivity index (χ4v) is 7.36. The number of anilines is 1. The molecule has 13 heteroatoms. The van der Waals surface area contributed by atoms with E-state index in [4.69, 9.17) is 11.6 Å². The molecule has 39 heavy (non-hydrogen) atoms. The summed E-state index contributed by atoms with van der Waals surface area (Å²) in [4.78, 5) is 32.0. The van der Waals surface area contributed by atoms with E-state index < -0.39 is 27.9 Å². The fourth-order valence-electron chi connectivity index (χ4n) is 3.86. The predicted molar refractivity (Wildman–Crippen MR) is 155 cm³/mol. The van der Waals surface area contributed by atoms with Crippen LogP contribution in [0.1, 0.15) is 22.5 Å². The van der Waals surface area contributed by atoms with Crippen molar-refractivity contribution in [2.75, 3.05) is 16.3 Å². The number of benzene rings is 2. The normalized spacial score (nSPS) is 12.2. The van der Waals surface area contributed by atoms with E-state index in [-0.39, 0.29) is 22.7 Å². The van der Waals surface area contributed by atoms with E-state index in [1.165, 1.54) is 52.9 Å². The second-order valence-electron chi connectivity index (χ2n) is 8.39. The van der Waals surface area contributed by atoms with Crippen LogP contribution in [-0.4, -0.2) is 53.4 Å². The zero-order chi connectivity index (χ0) is 28.0. The molecule has 0 spiro atoms. The first-order chi connectivity index (χ1) is 18.7. The van der Waals surface area contributed by atoms with E-state index in [2.05, 4.69) is 15.3 Å². The highest BCUT2D eigenvalue weighted by atomic mass is 35.5. The minimum absolute atomic E-state index is 0.0482. The number of nitrogens with zero attached hydrogens (tertiary/aromatic N) is 2. The number of aromatic nitrogens is 2. The third-order valence-corrected chi connectivity index (χ3v) is 9.91. The Morgan fingerprint density at radius 1 is 1.18 bits per heavy atom. The molecule has 2 heterocycles. The van der Waals surface area contributed by atoms with Gasteiger partial charge in [-0.3, -0.25) is 9.10 Å². The Morgan fingerprint density at radius 2 is 1.95 bits per heavy atom. The monoisotopic (exact) mass is 604 g/mol. The van der Waals surface area contributed by atoms with Crippen LogP contribution in [0, 0.1) is 0 Å². The number of H-pyrrole nitrogens is 1. The van der Waals surface area contributed by atoms with Gasteiger partial charge in [0.2, 0.25) is 0 Å². The predicted octanol–water partition coefficient (Wildman–Crippen LogP) is 5.12. The highest BCUT2D eigenvalue weighted by Crippen LogP contribution is 2.35. The second-order valence-corrected chi connectivity index (χ2v) is 13.2. The van der Waals surface area contributed by atoms with Gasteiger partial charge >= 0.3 is 5.97 Å². The van der Waals surface area contributed by atoms with Gasteiger partial charge in [-0.2, -0.15) is 11.8 Å². The van der Waals surface area contributed by atoms with Gasteiger partial charge in [0, 0.05) is 11.8 Å². The molecule has 4 aromatic rings. The Morgan fingerprint density at radius 3 is 2.56 bits per heavy atom. The van der Waals surface area contributed by atoms with Crippen molar-refractivity contribution in [2.45, 2.75) is 23.2 Å². The molecular weight excluding hydrogens is 580 g/mol. The van der Waals surface area contributed by atoms with Crippen molar-refractivity contribution >= 4 is 62.3 Å². The topological polar surface area (TPSA) is 132 Å². The Balaban J connectivity index is 1.80.